The van der Waals surface area contributed by atoms with Gasteiger partial charge in [0.05, 0.1) is 0 Å². The molecule has 0 atom stereocenters. The van der Waals surface area contributed by atoms with Gasteiger partial charge in [-0.1, -0.05) is 18.2 Å². The van der Waals surface area contributed by atoms with Crippen LogP contribution < -0.4 is 15.6 Å². The Morgan fingerprint density at radius 1 is 0.773 bits per heavy atom. The number of benzene rings is 2. The lowest BCUT2D eigenvalue weighted by Gasteiger charge is -2.08. The van der Waals surface area contributed by atoms with Crippen molar-refractivity contribution in [3.63, 3.8) is 0 Å². The highest BCUT2D eigenvalue weighted by molar-refractivity contribution is 5.99. The first kappa shape index (κ1) is 15.2. The molecule has 22 heavy (non-hydrogen) atoms. The van der Waals surface area contributed by atoms with Crippen LogP contribution in [0.1, 0.15) is 27.6 Å². The molecule has 6 nitrogen and oxygen atoms in total. The zero-order chi connectivity index (χ0) is 15.9. The van der Waals surface area contributed by atoms with Gasteiger partial charge in [-0.2, -0.15) is 0 Å². The third-order valence-corrected chi connectivity index (χ3v) is 2.70. The molecule has 0 saturated heterocycles. The van der Waals surface area contributed by atoms with Crippen LogP contribution in [0, 0.1) is 0 Å². The standard InChI is InChI=1S/C16H14N2O4/c1-11(19)22-14-9-7-13(8-10-14)16(21)18-17-15(20)12-5-3-2-4-6-12/h2-10H,1H3,(H,17,20)(H,18,21). The highest BCUT2D eigenvalue weighted by atomic mass is 16.5. The van der Waals surface area contributed by atoms with E-state index >= 15 is 0 Å². The molecule has 0 unspecified atom stereocenters. The molecule has 2 N–H and O–H groups in total. The molecule has 0 heterocycles. The van der Waals surface area contributed by atoms with Crippen molar-refractivity contribution in [2.75, 3.05) is 0 Å². The molecule has 112 valence electrons. The second-order valence-electron chi connectivity index (χ2n) is 4.39. The van der Waals surface area contributed by atoms with E-state index in [0.29, 0.717) is 16.9 Å². The Kier molecular flexibility index (Phi) is 4.87. The molecular formula is C16H14N2O4. The Hall–Kier alpha value is -3.15. The summed E-state index contributed by atoms with van der Waals surface area (Å²) in [6, 6.07) is 14.5. The van der Waals surface area contributed by atoms with Crippen molar-refractivity contribution in [1.29, 1.82) is 0 Å². The van der Waals surface area contributed by atoms with Gasteiger partial charge in [-0.25, -0.2) is 0 Å². The molecule has 0 bridgehead atoms. The van der Waals surface area contributed by atoms with Crippen LogP contribution in [0.4, 0.5) is 0 Å². The fourth-order valence-electron chi connectivity index (χ4n) is 1.69. The molecule has 0 aliphatic carbocycles. The van der Waals surface area contributed by atoms with Crippen LogP contribution in [-0.4, -0.2) is 17.8 Å². The molecule has 0 radical (unpaired) electrons. The van der Waals surface area contributed by atoms with Crippen molar-refractivity contribution < 1.29 is 19.1 Å². The van der Waals surface area contributed by atoms with Gasteiger partial charge in [0, 0.05) is 18.1 Å². The van der Waals surface area contributed by atoms with Crippen molar-refractivity contribution in [3.05, 3.63) is 65.7 Å². The second kappa shape index (κ2) is 7.03. The number of esters is 1. The lowest BCUT2D eigenvalue weighted by atomic mass is 10.2. The van der Waals surface area contributed by atoms with E-state index in [9.17, 15) is 14.4 Å². The van der Waals surface area contributed by atoms with E-state index in [1.165, 1.54) is 31.2 Å². The summed E-state index contributed by atoms with van der Waals surface area (Å²) in [4.78, 5) is 34.4. The van der Waals surface area contributed by atoms with Gasteiger partial charge >= 0.3 is 5.97 Å². The second-order valence-corrected chi connectivity index (χ2v) is 4.39. The average Bonchev–Trinajstić information content (AvgIpc) is 2.53. The first-order valence-electron chi connectivity index (χ1n) is 6.50. The molecule has 2 rings (SSSR count). The van der Waals surface area contributed by atoms with Crippen molar-refractivity contribution in [3.8, 4) is 5.75 Å². The summed E-state index contributed by atoms with van der Waals surface area (Å²) < 4.78 is 4.86. The topological polar surface area (TPSA) is 84.5 Å². The SMILES string of the molecule is CC(=O)Oc1ccc(C(=O)NNC(=O)c2ccccc2)cc1. The smallest absolute Gasteiger partial charge is 0.308 e. The van der Waals surface area contributed by atoms with Gasteiger partial charge in [-0.05, 0) is 36.4 Å². The Morgan fingerprint density at radius 3 is 1.77 bits per heavy atom. The third-order valence-electron chi connectivity index (χ3n) is 2.70. The molecule has 6 heteroatoms. The normalized spacial score (nSPS) is 9.68. The van der Waals surface area contributed by atoms with Crippen molar-refractivity contribution in [2.45, 2.75) is 6.92 Å². The zero-order valence-corrected chi connectivity index (χ0v) is 11.8. The summed E-state index contributed by atoms with van der Waals surface area (Å²) >= 11 is 0. The quantitative estimate of drug-likeness (QED) is 0.513. The molecule has 0 aliphatic heterocycles. The molecular weight excluding hydrogens is 284 g/mol. The predicted molar refractivity (Wildman–Crippen MR) is 79.1 cm³/mol. The van der Waals surface area contributed by atoms with E-state index < -0.39 is 17.8 Å². The minimum Gasteiger partial charge on any atom is -0.427 e. The van der Waals surface area contributed by atoms with Crippen LogP contribution in [0.2, 0.25) is 0 Å². The van der Waals surface area contributed by atoms with Gasteiger partial charge < -0.3 is 4.74 Å². The van der Waals surface area contributed by atoms with Gasteiger partial charge in [0.2, 0.25) is 0 Å². The van der Waals surface area contributed by atoms with E-state index in [2.05, 4.69) is 10.9 Å². The summed E-state index contributed by atoms with van der Waals surface area (Å²) in [6.45, 7) is 1.29. The number of hydrogen-bond donors (Lipinski definition) is 2. The maximum Gasteiger partial charge on any atom is 0.308 e. The fraction of sp³-hybridized carbons (Fsp3) is 0.0625. The molecule has 0 saturated carbocycles. The number of ether oxygens (including phenoxy) is 1. The Balaban J connectivity index is 1.92. The van der Waals surface area contributed by atoms with Crippen LogP contribution in [0.25, 0.3) is 0 Å². The molecule has 2 aromatic carbocycles. The summed E-state index contributed by atoms with van der Waals surface area (Å²) in [5.74, 6) is -0.978. The summed E-state index contributed by atoms with van der Waals surface area (Å²) in [5, 5.41) is 0. The number of amides is 2. The molecule has 0 fully saturated rings. The number of hydrazine groups is 1. The number of carbonyl (C=O) groups excluding carboxylic acids is 3. The van der Waals surface area contributed by atoms with Gasteiger partial charge in [0.25, 0.3) is 11.8 Å². The molecule has 0 aliphatic rings. The number of hydrogen-bond acceptors (Lipinski definition) is 4. The zero-order valence-electron chi connectivity index (χ0n) is 11.8. The summed E-state index contributed by atoms with van der Waals surface area (Å²) in [7, 11) is 0. The van der Waals surface area contributed by atoms with Crippen molar-refractivity contribution >= 4 is 17.8 Å². The lowest BCUT2D eigenvalue weighted by Crippen LogP contribution is -2.41. The summed E-state index contributed by atoms with van der Waals surface area (Å²) in [6.07, 6.45) is 0. The van der Waals surface area contributed by atoms with Gasteiger partial charge in [0.15, 0.2) is 0 Å². The number of carbonyl (C=O) groups is 3. The molecule has 0 aromatic heterocycles. The van der Waals surface area contributed by atoms with Crippen LogP contribution in [0.15, 0.2) is 54.6 Å². The van der Waals surface area contributed by atoms with Crippen molar-refractivity contribution in [1.82, 2.24) is 10.9 Å². The fourth-order valence-corrected chi connectivity index (χ4v) is 1.69. The van der Waals surface area contributed by atoms with E-state index in [1.807, 2.05) is 0 Å². The van der Waals surface area contributed by atoms with E-state index in [4.69, 9.17) is 4.74 Å². The summed E-state index contributed by atoms with van der Waals surface area (Å²) in [5.41, 5.74) is 5.39. The van der Waals surface area contributed by atoms with Crippen molar-refractivity contribution in [2.24, 2.45) is 0 Å². The number of rotatable bonds is 3. The average molecular weight is 298 g/mol. The highest BCUT2D eigenvalue weighted by Crippen LogP contribution is 2.12. The Morgan fingerprint density at radius 2 is 1.27 bits per heavy atom. The molecule has 2 amide bonds. The predicted octanol–water partition coefficient (Wildman–Crippen LogP) is 1.69. The molecule has 2 aromatic rings. The minimum atomic E-state index is -0.473. The Bertz CT molecular complexity index is 681. The van der Waals surface area contributed by atoms with Crippen LogP contribution >= 0.6 is 0 Å². The maximum absolute atomic E-state index is 11.9. The van der Waals surface area contributed by atoms with Gasteiger partial charge in [0.1, 0.15) is 5.75 Å². The van der Waals surface area contributed by atoms with Crippen LogP contribution in [0.5, 0.6) is 5.75 Å². The maximum atomic E-state index is 11.9. The van der Waals surface area contributed by atoms with Crippen LogP contribution in [-0.2, 0) is 4.79 Å². The minimum absolute atomic E-state index is 0.323. The van der Waals surface area contributed by atoms with Crippen LogP contribution in [0.3, 0.4) is 0 Å². The monoisotopic (exact) mass is 298 g/mol. The first-order chi connectivity index (χ1) is 10.6. The van der Waals surface area contributed by atoms with Gasteiger partial charge in [-0.15, -0.1) is 0 Å². The largest absolute Gasteiger partial charge is 0.427 e. The van der Waals surface area contributed by atoms with Gasteiger partial charge in [-0.3, -0.25) is 25.2 Å². The Labute approximate surface area is 127 Å². The lowest BCUT2D eigenvalue weighted by molar-refractivity contribution is -0.131. The van der Waals surface area contributed by atoms with E-state index in [1.54, 1.807) is 30.3 Å². The van der Waals surface area contributed by atoms with E-state index in [0.717, 1.165) is 0 Å². The number of nitrogens with one attached hydrogen (secondary N) is 2. The first-order valence-corrected chi connectivity index (χ1v) is 6.50. The third kappa shape index (κ3) is 4.17. The highest BCUT2D eigenvalue weighted by Gasteiger charge is 2.09. The molecule has 0 spiro atoms. The van der Waals surface area contributed by atoms with E-state index in [-0.39, 0.29) is 0 Å².